The molecule has 0 unspecified atom stereocenters. The van der Waals surface area contributed by atoms with Crippen molar-refractivity contribution in [3.63, 3.8) is 0 Å². The lowest BCUT2D eigenvalue weighted by atomic mass is 10.2. The van der Waals surface area contributed by atoms with E-state index in [9.17, 15) is 4.79 Å². The molecule has 0 fully saturated rings. The number of nitrogens with zero attached hydrogens (tertiary/aromatic N) is 4. The van der Waals surface area contributed by atoms with E-state index in [0.29, 0.717) is 23.4 Å². The molecule has 1 amide bonds. The summed E-state index contributed by atoms with van der Waals surface area (Å²) in [6.45, 7) is 6.44. The average Bonchev–Trinajstić information content (AvgIpc) is 3.10. The van der Waals surface area contributed by atoms with Crippen molar-refractivity contribution >= 4 is 23.4 Å². The van der Waals surface area contributed by atoms with Crippen molar-refractivity contribution in [3.8, 4) is 17.3 Å². The second-order valence-corrected chi connectivity index (χ2v) is 8.16. The molecule has 8 heteroatoms. The van der Waals surface area contributed by atoms with Crippen LogP contribution in [0.15, 0.2) is 53.8 Å². The van der Waals surface area contributed by atoms with Gasteiger partial charge in [-0.3, -0.25) is 4.79 Å². The highest BCUT2D eigenvalue weighted by Crippen LogP contribution is 2.34. The molecule has 0 atom stereocenters. The van der Waals surface area contributed by atoms with Crippen molar-refractivity contribution in [2.24, 2.45) is 0 Å². The third kappa shape index (κ3) is 4.33. The number of amides is 1. The zero-order chi connectivity index (χ0) is 20.1. The fourth-order valence-electron chi connectivity index (χ4n) is 2.60. The number of nitrogens with one attached hydrogen (secondary N) is 1. The first-order valence-electron chi connectivity index (χ1n) is 8.93. The molecule has 0 bridgehead atoms. The Kier molecular flexibility index (Phi) is 5.99. The molecule has 2 aromatic heterocycles. The summed E-state index contributed by atoms with van der Waals surface area (Å²) in [5.41, 5.74) is 1.63. The number of para-hydroxylation sites is 1. The monoisotopic (exact) mass is 397 g/mol. The van der Waals surface area contributed by atoms with Gasteiger partial charge in [-0.05, 0) is 39.0 Å². The summed E-state index contributed by atoms with van der Waals surface area (Å²) in [6.07, 6.45) is 1.67. The van der Waals surface area contributed by atoms with Gasteiger partial charge >= 0.3 is 0 Å². The molecule has 0 aliphatic carbocycles. The van der Waals surface area contributed by atoms with Gasteiger partial charge < -0.3 is 14.6 Å². The van der Waals surface area contributed by atoms with Gasteiger partial charge in [0.1, 0.15) is 0 Å². The zero-order valence-electron chi connectivity index (χ0n) is 16.3. The maximum atomic E-state index is 12.8. The van der Waals surface area contributed by atoms with Gasteiger partial charge in [0.25, 0.3) is 0 Å². The Balaban J connectivity index is 1.83. The molecular weight excluding hydrogens is 374 g/mol. The first-order valence-corrected chi connectivity index (χ1v) is 9.75. The number of hydrogen-bond donors (Lipinski definition) is 1. The molecule has 0 saturated heterocycles. The Morgan fingerprint density at radius 3 is 2.64 bits per heavy atom. The molecule has 3 rings (SSSR count). The number of rotatable bonds is 7. The van der Waals surface area contributed by atoms with Gasteiger partial charge in [0, 0.05) is 30.1 Å². The molecule has 0 radical (unpaired) electrons. The maximum absolute atomic E-state index is 12.8. The highest BCUT2D eigenvalue weighted by Gasteiger charge is 2.32. The number of methoxy groups -OCH3 is 1. The molecule has 1 N–H and O–H groups in total. The number of ether oxygens (including phenoxy) is 1. The number of anilines is 1. The van der Waals surface area contributed by atoms with Gasteiger partial charge in [-0.25, -0.2) is 4.98 Å². The summed E-state index contributed by atoms with van der Waals surface area (Å²) in [7, 11) is 1.58. The van der Waals surface area contributed by atoms with Crippen LogP contribution in [0.1, 0.15) is 20.8 Å². The Morgan fingerprint density at radius 2 is 1.96 bits per heavy atom. The largest absolute Gasteiger partial charge is 0.481 e. The topological polar surface area (TPSA) is 81.9 Å². The molecule has 1 aromatic carbocycles. The van der Waals surface area contributed by atoms with Crippen molar-refractivity contribution < 1.29 is 9.53 Å². The van der Waals surface area contributed by atoms with E-state index in [0.717, 1.165) is 11.3 Å². The fourth-order valence-corrected chi connectivity index (χ4v) is 3.61. The number of pyridine rings is 1. The number of benzene rings is 1. The number of carbonyl (C=O) groups excluding carboxylic acids is 1. The number of hydrogen-bond acceptors (Lipinski definition) is 6. The Morgan fingerprint density at radius 1 is 1.21 bits per heavy atom. The molecule has 0 spiro atoms. The van der Waals surface area contributed by atoms with E-state index in [-0.39, 0.29) is 5.91 Å². The zero-order valence-corrected chi connectivity index (χ0v) is 17.2. The summed E-state index contributed by atoms with van der Waals surface area (Å²) < 4.78 is 6.45. The van der Waals surface area contributed by atoms with E-state index in [1.54, 1.807) is 13.3 Å². The predicted octanol–water partition coefficient (Wildman–Crippen LogP) is 3.88. The molecular formula is C20H23N5O2S. The predicted molar refractivity (Wildman–Crippen MR) is 110 cm³/mol. The average molecular weight is 398 g/mol. The van der Waals surface area contributed by atoms with Crippen molar-refractivity contribution in [1.82, 2.24) is 19.7 Å². The summed E-state index contributed by atoms with van der Waals surface area (Å²) >= 11 is 1.38. The Labute approximate surface area is 168 Å². The van der Waals surface area contributed by atoms with Crippen molar-refractivity contribution in [1.29, 1.82) is 0 Å². The summed E-state index contributed by atoms with van der Waals surface area (Å²) in [6, 6.07) is 13.1. The van der Waals surface area contributed by atoms with Gasteiger partial charge in [0.2, 0.25) is 11.8 Å². The van der Waals surface area contributed by atoms with E-state index in [2.05, 4.69) is 20.5 Å². The van der Waals surface area contributed by atoms with Gasteiger partial charge in [-0.2, -0.15) is 0 Å². The van der Waals surface area contributed by atoms with Crippen LogP contribution in [0.4, 0.5) is 5.69 Å². The second-order valence-electron chi connectivity index (χ2n) is 6.57. The van der Waals surface area contributed by atoms with E-state index < -0.39 is 4.75 Å². The number of carbonyl (C=O) groups is 1. The molecule has 28 heavy (non-hydrogen) atoms. The van der Waals surface area contributed by atoms with E-state index in [4.69, 9.17) is 4.74 Å². The van der Waals surface area contributed by atoms with Crippen LogP contribution in [0, 0.1) is 0 Å². The highest BCUT2D eigenvalue weighted by atomic mass is 32.2. The van der Waals surface area contributed by atoms with Gasteiger partial charge in [0.05, 0.1) is 11.9 Å². The van der Waals surface area contributed by atoms with Gasteiger partial charge in [-0.1, -0.05) is 30.0 Å². The third-order valence-corrected chi connectivity index (χ3v) is 5.34. The van der Waals surface area contributed by atoms with Crippen LogP contribution in [0.2, 0.25) is 0 Å². The fraction of sp³-hybridized carbons (Fsp3) is 0.300. The lowest BCUT2D eigenvalue weighted by Crippen LogP contribution is -2.34. The molecule has 0 aliphatic heterocycles. The van der Waals surface area contributed by atoms with Crippen LogP contribution in [-0.2, 0) is 11.3 Å². The van der Waals surface area contributed by atoms with E-state index in [1.165, 1.54) is 11.8 Å². The molecule has 146 valence electrons. The van der Waals surface area contributed by atoms with Crippen LogP contribution in [0.25, 0.3) is 11.4 Å². The normalized spacial score (nSPS) is 11.3. The standard InChI is InChI=1S/C20H23N5O2S/c1-5-25-17(14-11-12-21-16(13-14)27-4)23-24-19(25)28-20(2,3)18(26)22-15-9-7-6-8-10-15/h6-13H,5H2,1-4H3,(H,22,26). The van der Waals surface area contributed by atoms with Crippen LogP contribution in [0.5, 0.6) is 5.88 Å². The quantitative estimate of drug-likeness (QED) is 0.609. The van der Waals surface area contributed by atoms with Crippen molar-refractivity contribution in [2.45, 2.75) is 37.2 Å². The van der Waals surface area contributed by atoms with E-state index in [1.807, 2.05) is 67.8 Å². The number of aromatic nitrogens is 4. The third-order valence-electron chi connectivity index (χ3n) is 4.16. The lowest BCUT2D eigenvalue weighted by Gasteiger charge is -2.22. The Bertz CT molecular complexity index is 956. The van der Waals surface area contributed by atoms with Crippen molar-refractivity contribution in [2.75, 3.05) is 12.4 Å². The molecule has 3 aromatic rings. The first kappa shape index (κ1) is 19.9. The minimum absolute atomic E-state index is 0.0958. The SMILES string of the molecule is CCn1c(SC(C)(C)C(=O)Nc2ccccc2)nnc1-c1ccnc(OC)c1. The van der Waals surface area contributed by atoms with Crippen LogP contribution < -0.4 is 10.1 Å². The smallest absolute Gasteiger partial charge is 0.240 e. The van der Waals surface area contributed by atoms with Crippen LogP contribution in [0.3, 0.4) is 0 Å². The minimum atomic E-state index is -0.733. The van der Waals surface area contributed by atoms with Gasteiger partial charge in [-0.15, -0.1) is 10.2 Å². The van der Waals surface area contributed by atoms with Crippen LogP contribution >= 0.6 is 11.8 Å². The molecule has 7 nitrogen and oxygen atoms in total. The summed E-state index contributed by atoms with van der Waals surface area (Å²) in [4.78, 5) is 16.9. The summed E-state index contributed by atoms with van der Waals surface area (Å²) in [5.74, 6) is 1.13. The molecule has 0 aliphatic rings. The van der Waals surface area contributed by atoms with Crippen molar-refractivity contribution in [3.05, 3.63) is 48.7 Å². The Hall–Kier alpha value is -2.87. The van der Waals surface area contributed by atoms with Gasteiger partial charge in [0.15, 0.2) is 11.0 Å². The number of thioether (sulfide) groups is 1. The maximum Gasteiger partial charge on any atom is 0.240 e. The lowest BCUT2D eigenvalue weighted by molar-refractivity contribution is -0.117. The molecule has 2 heterocycles. The van der Waals surface area contributed by atoms with E-state index >= 15 is 0 Å². The summed E-state index contributed by atoms with van der Waals surface area (Å²) in [5, 5.41) is 12.3. The first-order chi connectivity index (χ1) is 13.4. The van der Waals surface area contributed by atoms with Crippen LogP contribution in [-0.4, -0.2) is 37.5 Å². The highest BCUT2D eigenvalue weighted by molar-refractivity contribution is 8.01. The molecule has 0 saturated carbocycles. The second kappa shape index (κ2) is 8.43. The minimum Gasteiger partial charge on any atom is -0.481 e.